The third-order valence-electron chi connectivity index (χ3n) is 1.04. The molecule has 11 heavy (non-hydrogen) atoms. The van der Waals surface area contributed by atoms with Crippen LogP contribution in [0.2, 0.25) is 0 Å². The van der Waals surface area contributed by atoms with Crippen molar-refractivity contribution in [2.45, 2.75) is 0 Å². The molecule has 0 aromatic rings. The molecule has 1 aliphatic rings. The molecule has 0 bridgehead atoms. The van der Waals surface area contributed by atoms with Crippen LogP contribution in [0.3, 0.4) is 0 Å². The van der Waals surface area contributed by atoms with Gasteiger partial charge in [-0.25, -0.2) is 4.99 Å². The largest absolute Gasteiger partial charge is 0.386 e. The molecule has 0 saturated heterocycles. The molecule has 0 spiro atoms. The first kappa shape index (κ1) is 7.64. The SMILES string of the molecule is N#CC(C#N)=C1N=C(N)CS1. The summed E-state index contributed by atoms with van der Waals surface area (Å²) in [5.41, 5.74) is 5.39. The van der Waals surface area contributed by atoms with Gasteiger partial charge < -0.3 is 5.73 Å². The molecular formula is C6H4N4S. The number of allylic oxidation sites excluding steroid dienone is 1. The molecule has 0 unspecified atom stereocenters. The first-order chi connectivity index (χ1) is 5.27. The fourth-order valence-electron chi connectivity index (χ4n) is 0.586. The summed E-state index contributed by atoms with van der Waals surface area (Å²) < 4.78 is 0. The van der Waals surface area contributed by atoms with Gasteiger partial charge in [0, 0.05) is 0 Å². The Morgan fingerprint density at radius 3 is 2.55 bits per heavy atom. The second-order valence-electron chi connectivity index (χ2n) is 1.80. The molecular weight excluding hydrogens is 160 g/mol. The Kier molecular flexibility index (Phi) is 2.15. The van der Waals surface area contributed by atoms with Crippen LogP contribution in [0.1, 0.15) is 0 Å². The van der Waals surface area contributed by atoms with Crippen LogP contribution in [0.5, 0.6) is 0 Å². The van der Waals surface area contributed by atoms with Crippen LogP contribution in [0.15, 0.2) is 15.6 Å². The predicted molar refractivity (Wildman–Crippen MR) is 42.3 cm³/mol. The topological polar surface area (TPSA) is 86.0 Å². The summed E-state index contributed by atoms with van der Waals surface area (Å²) in [6.07, 6.45) is 0. The summed E-state index contributed by atoms with van der Waals surface area (Å²) >= 11 is 1.31. The maximum absolute atomic E-state index is 8.42. The van der Waals surface area contributed by atoms with Gasteiger partial charge >= 0.3 is 0 Å². The van der Waals surface area contributed by atoms with Gasteiger partial charge in [0.1, 0.15) is 23.0 Å². The van der Waals surface area contributed by atoms with Crippen molar-refractivity contribution >= 4 is 17.6 Å². The van der Waals surface area contributed by atoms with Gasteiger partial charge in [-0.2, -0.15) is 10.5 Å². The second kappa shape index (κ2) is 3.09. The predicted octanol–water partition coefficient (Wildman–Crippen LogP) is 0.349. The van der Waals surface area contributed by atoms with Crippen molar-refractivity contribution in [1.82, 2.24) is 0 Å². The van der Waals surface area contributed by atoms with E-state index in [-0.39, 0.29) is 5.57 Å². The zero-order chi connectivity index (χ0) is 8.27. The number of rotatable bonds is 0. The molecule has 0 radical (unpaired) electrons. The molecule has 0 fully saturated rings. The van der Waals surface area contributed by atoms with Crippen LogP contribution in [0.4, 0.5) is 0 Å². The third kappa shape index (κ3) is 1.51. The van der Waals surface area contributed by atoms with Gasteiger partial charge in [-0.05, 0) is 0 Å². The Morgan fingerprint density at radius 2 is 2.18 bits per heavy atom. The number of hydrogen-bond acceptors (Lipinski definition) is 5. The van der Waals surface area contributed by atoms with Gasteiger partial charge in [0.2, 0.25) is 0 Å². The summed E-state index contributed by atoms with van der Waals surface area (Å²) in [6, 6.07) is 3.50. The lowest BCUT2D eigenvalue weighted by Gasteiger charge is -1.86. The molecule has 1 aliphatic heterocycles. The fraction of sp³-hybridized carbons (Fsp3) is 0.167. The number of aliphatic imine (C=N–C) groups is 1. The Balaban J connectivity index is 3.02. The quantitative estimate of drug-likeness (QED) is 0.523. The molecule has 5 heteroatoms. The number of nitriles is 2. The van der Waals surface area contributed by atoms with Crippen molar-refractivity contribution in [3.63, 3.8) is 0 Å². The first-order valence-electron chi connectivity index (χ1n) is 2.78. The first-order valence-corrected chi connectivity index (χ1v) is 3.77. The van der Waals surface area contributed by atoms with E-state index in [0.29, 0.717) is 16.6 Å². The summed E-state index contributed by atoms with van der Waals surface area (Å²) in [5.74, 6) is 1.04. The second-order valence-corrected chi connectivity index (χ2v) is 2.76. The van der Waals surface area contributed by atoms with Crippen molar-refractivity contribution in [3.05, 3.63) is 10.6 Å². The van der Waals surface area contributed by atoms with Crippen molar-refractivity contribution in [1.29, 1.82) is 10.5 Å². The van der Waals surface area contributed by atoms with E-state index in [1.807, 2.05) is 0 Å². The van der Waals surface area contributed by atoms with Crippen LogP contribution in [-0.4, -0.2) is 11.6 Å². The highest BCUT2D eigenvalue weighted by Gasteiger charge is 2.13. The van der Waals surface area contributed by atoms with E-state index >= 15 is 0 Å². The van der Waals surface area contributed by atoms with Crippen molar-refractivity contribution in [2.75, 3.05) is 5.75 Å². The number of hydrogen-bond donors (Lipinski definition) is 1. The average molecular weight is 164 g/mol. The molecule has 0 saturated carbocycles. The Labute approximate surface area is 68.0 Å². The van der Waals surface area contributed by atoms with Crippen LogP contribution < -0.4 is 5.73 Å². The van der Waals surface area contributed by atoms with Gasteiger partial charge in [0.05, 0.1) is 5.75 Å². The molecule has 4 nitrogen and oxygen atoms in total. The number of amidine groups is 1. The third-order valence-corrected chi connectivity index (χ3v) is 2.05. The van der Waals surface area contributed by atoms with E-state index in [2.05, 4.69) is 4.99 Å². The highest BCUT2D eigenvalue weighted by molar-refractivity contribution is 8.04. The highest BCUT2D eigenvalue weighted by Crippen LogP contribution is 2.25. The fourth-order valence-corrected chi connectivity index (χ4v) is 1.35. The van der Waals surface area contributed by atoms with Crippen molar-refractivity contribution < 1.29 is 0 Å². The molecule has 2 N–H and O–H groups in total. The number of thioether (sulfide) groups is 1. The van der Waals surface area contributed by atoms with E-state index in [9.17, 15) is 0 Å². The monoisotopic (exact) mass is 164 g/mol. The minimum absolute atomic E-state index is 0.0375. The highest BCUT2D eigenvalue weighted by atomic mass is 32.2. The summed E-state index contributed by atoms with van der Waals surface area (Å²) in [4.78, 5) is 3.82. The standard InChI is InChI=1S/C6H4N4S/c7-1-4(2-8)6-10-5(9)3-11-6/h3H2,(H2,9,10). The molecule has 0 aromatic carbocycles. The van der Waals surface area contributed by atoms with Gasteiger partial charge in [-0.3, -0.25) is 0 Å². The van der Waals surface area contributed by atoms with E-state index in [1.165, 1.54) is 11.8 Å². The average Bonchev–Trinajstić information content (AvgIpc) is 2.39. The van der Waals surface area contributed by atoms with Gasteiger partial charge in [-0.15, -0.1) is 0 Å². The van der Waals surface area contributed by atoms with Crippen molar-refractivity contribution in [2.24, 2.45) is 10.7 Å². The normalized spacial score (nSPS) is 15.1. The molecule has 1 rings (SSSR count). The van der Waals surface area contributed by atoms with Crippen LogP contribution >= 0.6 is 11.8 Å². The zero-order valence-electron chi connectivity index (χ0n) is 5.53. The van der Waals surface area contributed by atoms with E-state index < -0.39 is 0 Å². The molecule has 54 valence electrons. The minimum Gasteiger partial charge on any atom is -0.386 e. The Bertz CT molecular complexity index is 298. The van der Waals surface area contributed by atoms with E-state index in [1.54, 1.807) is 12.1 Å². The molecule has 0 aromatic heterocycles. The molecule has 0 amide bonds. The van der Waals surface area contributed by atoms with Gasteiger partial charge in [0.25, 0.3) is 0 Å². The molecule has 0 atom stereocenters. The lowest BCUT2D eigenvalue weighted by Crippen LogP contribution is -2.09. The van der Waals surface area contributed by atoms with Crippen molar-refractivity contribution in [3.8, 4) is 12.1 Å². The number of nitrogens with two attached hydrogens (primary N) is 1. The summed E-state index contributed by atoms with van der Waals surface area (Å²) in [7, 11) is 0. The Hall–Kier alpha value is -1.46. The number of nitrogens with zero attached hydrogens (tertiary/aromatic N) is 3. The summed E-state index contributed by atoms with van der Waals surface area (Å²) in [5, 5.41) is 17.3. The Morgan fingerprint density at radius 1 is 1.55 bits per heavy atom. The molecule has 1 heterocycles. The molecule has 0 aliphatic carbocycles. The summed E-state index contributed by atoms with van der Waals surface area (Å²) in [6.45, 7) is 0. The maximum Gasteiger partial charge on any atom is 0.161 e. The lowest BCUT2D eigenvalue weighted by atomic mass is 10.4. The minimum atomic E-state index is 0.0375. The van der Waals surface area contributed by atoms with E-state index in [0.717, 1.165) is 0 Å². The lowest BCUT2D eigenvalue weighted by molar-refractivity contribution is 1.40. The van der Waals surface area contributed by atoms with E-state index in [4.69, 9.17) is 16.3 Å². The van der Waals surface area contributed by atoms with Gasteiger partial charge in [0.15, 0.2) is 5.57 Å². The van der Waals surface area contributed by atoms with Gasteiger partial charge in [-0.1, -0.05) is 11.8 Å². The van der Waals surface area contributed by atoms with Crippen LogP contribution in [-0.2, 0) is 0 Å². The zero-order valence-corrected chi connectivity index (χ0v) is 6.35. The maximum atomic E-state index is 8.42. The van der Waals surface area contributed by atoms with Crippen LogP contribution in [0, 0.1) is 22.7 Å². The smallest absolute Gasteiger partial charge is 0.161 e. The van der Waals surface area contributed by atoms with Crippen LogP contribution in [0.25, 0.3) is 0 Å².